The predicted molar refractivity (Wildman–Crippen MR) is 102 cm³/mol. The summed E-state index contributed by atoms with van der Waals surface area (Å²) in [6.07, 6.45) is -4.79. The van der Waals surface area contributed by atoms with Crippen molar-refractivity contribution in [2.45, 2.75) is 33.2 Å². The molecule has 0 aromatic heterocycles. The van der Waals surface area contributed by atoms with E-state index in [0.29, 0.717) is 11.3 Å². The van der Waals surface area contributed by atoms with E-state index in [0.717, 1.165) is 22.6 Å². The third-order valence-corrected chi connectivity index (χ3v) is 4.33. The monoisotopic (exact) mass is 404 g/mol. The number of nitrogens with one attached hydrogen (secondary N) is 1. The average Bonchev–Trinajstić information content (AvgIpc) is 2.86. The number of carbonyl (C=O) groups excluding carboxylic acids is 2. The quantitative estimate of drug-likeness (QED) is 0.746. The third kappa shape index (κ3) is 4.42. The van der Waals surface area contributed by atoms with Crippen molar-refractivity contribution in [1.82, 2.24) is 4.90 Å². The number of anilines is 1. The van der Waals surface area contributed by atoms with Crippen molar-refractivity contribution in [3.05, 3.63) is 65.4 Å². The second-order valence-corrected chi connectivity index (χ2v) is 6.89. The molecule has 0 radical (unpaired) electrons. The maximum absolute atomic E-state index is 12.9. The number of aryl methyl sites for hydroxylation is 1. The van der Waals surface area contributed by atoms with Gasteiger partial charge in [-0.2, -0.15) is 0 Å². The van der Waals surface area contributed by atoms with E-state index >= 15 is 0 Å². The van der Waals surface area contributed by atoms with Crippen LogP contribution < -0.4 is 10.1 Å². The number of amides is 2. The minimum Gasteiger partial charge on any atom is -0.406 e. The Hall–Kier alpha value is -3.29. The van der Waals surface area contributed by atoms with Gasteiger partial charge in [0.15, 0.2) is 0 Å². The number of imide groups is 1. The fourth-order valence-electron chi connectivity index (χ4n) is 3.00. The van der Waals surface area contributed by atoms with Gasteiger partial charge in [0.1, 0.15) is 11.4 Å². The topological polar surface area (TPSA) is 58.6 Å². The molecule has 152 valence electrons. The largest absolute Gasteiger partial charge is 0.573 e. The van der Waals surface area contributed by atoms with Crippen molar-refractivity contribution in [3.8, 4) is 5.75 Å². The molecule has 1 N–H and O–H groups in total. The standard InChI is InChI=1S/C21H19F3N2O3/c1-12(2)26-19(27)17(14-6-4-13(3)5-7-14)18(20(26)28)25-15-8-10-16(11-9-15)29-21(22,23)24/h4-12,25H,1-3H3. The number of alkyl halides is 3. The molecule has 8 heteroatoms. The Kier molecular flexibility index (Phi) is 5.37. The number of rotatable bonds is 5. The molecule has 29 heavy (non-hydrogen) atoms. The van der Waals surface area contributed by atoms with Crippen molar-refractivity contribution < 1.29 is 27.5 Å². The summed E-state index contributed by atoms with van der Waals surface area (Å²) < 4.78 is 40.8. The maximum Gasteiger partial charge on any atom is 0.573 e. The van der Waals surface area contributed by atoms with Gasteiger partial charge in [0.05, 0.1) is 5.57 Å². The van der Waals surface area contributed by atoms with Gasteiger partial charge in [0.25, 0.3) is 11.8 Å². The summed E-state index contributed by atoms with van der Waals surface area (Å²) in [5, 5.41) is 2.89. The molecule has 0 saturated carbocycles. The fraction of sp³-hybridized carbons (Fsp3) is 0.238. The lowest BCUT2D eigenvalue weighted by atomic mass is 10.0. The van der Waals surface area contributed by atoms with Gasteiger partial charge in [-0.25, -0.2) is 0 Å². The lowest BCUT2D eigenvalue weighted by Crippen LogP contribution is -2.38. The molecular weight excluding hydrogens is 385 g/mol. The van der Waals surface area contributed by atoms with E-state index in [-0.39, 0.29) is 23.1 Å². The fourth-order valence-corrected chi connectivity index (χ4v) is 3.00. The molecule has 0 fully saturated rings. The summed E-state index contributed by atoms with van der Waals surface area (Å²) in [6.45, 7) is 5.37. The lowest BCUT2D eigenvalue weighted by molar-refractivity contribution is -0.274. The predicted octanol–water partition coefficient (Wildman–Crippen LogP) is 4.49. The Balaban J connectivity index is 1.97. The first kappa shape index (κ1) is 20.4. The third-order valence-electron chi connectivity index (χ3n) is 4.33. The van der Waals surface area contributed by atoms with Gasteiger partial charge < -0.3 is 10.1 Å². The molecule has 0 unspecified atom stereocenters. The summed E-state index contributed by atoms with van der Waals surface area (Å²) in [6, 6.07) is 11.8. The van der Waals surface area contributed by atoms with E-state index in [1.165, 1.54) is 12.1 Å². The van der Waals surface area contributed by atoms with Crippen LogP contribution in [0, 0.1) is 6.92 Å². The van der Waals surface area contributed by atoms with Crippen LogP contribution in [0.5, 0.6) is 5.75 Å². The Labute approximate surface area is 165 Å². The van der Waals surface area contributed by atoms with Gasteiger partial charge >= 0.3 is 6.36 Å². The second-order valence-electron chi connectivity index (χ2n) is 6.89. The minimum atomic E-state index is -4.79. The molecule has 0 spiro atoms. The second kappa shape index (κ2) is 7.62. The zero-order chi connectivity index (χ0) is 21.3. The highest BCUT2D eigenvalue weighted by atomic mass is 19.4. The number of hydrogen-bond acceptors (Lipinski definition) is 4. The molecule has 2 aromatic carbocycles. The Morgan fingerprint density at radius 3 is 2.03 bits per heavy atom. The molecule has 0 atom stereocenters. The van der Waals surface area contributed by atoms with Crippen LogP contribution in [0.3, 0.4) is 0 Å². The molecule has 0 aliphatic carbocycles. The molecule has 2 aromatic rings. The number of halogens is 3. The smallest absolute Gasteiger partial charge is 0.406 e. The Morgan fingerprint density at radius 1 is 0.931 bits per heavy atom. The van der Waals surface area contributed by atoms with Crippen molar-refractivity contribution in [1.29, 1.82) is 0 Å². The van der Waals surface area contributed by atoms with Crippen LogP contribution in [0.1, 0.15) is 25.0 Å². The molecule has 2 amide bonds. The zero-order valence-electron chi connectivity index (χ0n) is 16.0. The van der Waals surface area contributed by atoms with E-state index in [9.17, 15) is 22.8 Å². The van der Waals surface area contributed by atoms with Gasteiger partial charge in [0, 0.05) is 11.7 Å². The number of hydrogen-bond donors (Lipinski definition) is 1. The van der Waals surface area contributed by atoms with Crippen LogP contribution in [-0.4, -0.2) is 29.1 Å². The van der Waals surface area contributed by atoms with Gasteiger partial charge in [-0.3, -0.25) is 14.5 Å². The normalized spacial score (nSPS) is 14.8. The highest BCUT2D eigenvalue weighted by molar-refractivity contribution is 6.36. The van der Waals surface area contributed by atoms with Crippen LogP contribution in [-0.2, 0) is 9.59 Å². The van der Waals surface area contributed by atoms with Crippen LogP contribution in [0.15, 0.2) is 54.2 Å². The molecular formula is C21H19F3N2O3. The van der Waals surface area contributed by atoms with Crippen LogP contribution in [0.2, 0.25) is 0 Å². The molecule has 0 bridgehead atoms. The highest BCUT2D eigenvalue weighted by Crippen LogP contribution is 2.32. The average molecular weight is 404 g/mol. The van der Waals surface area contributed by atoms with Crippen LogP contribution in [0.25, 0.3) is 5.57 Å². The van der Waals surface area contributed by atoms with Crippen molar-refractivity contribution in [2.24, 2.45) is 0 Å². The lowest BCUT2D eigenvalue weighted by Gasteiger charge is -2.19. The van der Waals surface area contributed by atoms with Crippen LogP contribution in [0.4, 0.5) is 18.9 Å². The maximum atomic E-state index is 12.9. The number of carbonyl (C=O) groups is 2. The first-order valence-electron chi connectivity index (χ1n) is 8.89. The van der Waals surface area contributed by atoms with Crippen molar-refractivity contribution in [3.63, 3.8) is 0 Å². The van der Waals surface area contributed by atoms with Gasteiger partial charge in [-0.15, -0.1) is 13.2 Å². The summed E-state index contributed by atoms with van der Waals surface area (Å²) in [5.41, 5.74) is 2.24. The Bertz CT molecular complexity index is 962. The van der Waals surface area contributed by atoms with Crippen molar-refractivity contribution >= 4 is 23.1 Å². The summed E-state index contributed by atoms with van der Waals surface area (Å²) in [4.78, 5) is 26.9. The van der Waals surface area contributed by atoms with Crippen LogP contribution >= 0.6 is 0 Å². The Morgan fingerprint density at radius 2 is 1.52 bits per heavy atom. The van der Waals surface area contributed by atoms with E-state index < -0.39 is 18.2 Å². The van der Waals surface area contributed by atoms with E-state index in [2.05, 4.69) is 10.1 Å². The molecule has 3 rings (SSSR count). The number of ether oxygens (including phenoxy) is 1. The summed E-state index contributed by atoms with van der Waals surface area (Å²) in [7, 11) is 0. The molecule has 1 heterocycles. The first-order chi connectivity index (χ1) is 13.6. The molecule has 5 nitrogen and oxygen atoms in total. The summed E-state index contributed by atoms with van der Waals surface area (Å²) in [5.74, 6) is -1.29. The van der Waals surface area contributed by atoms with Gasteiger partial charge in [0.2, 0.25) is 0 Å². The van der Waals surface area contributed by atoms with Crippen molar-refractivity contribution in [2.75, 3.05) is 5.32 Å². The number of nitrogens with zero attached hydrogens (tertiary/aromatic N) is 1. The van der Waals surface area contributed by atoms with Gasteiger partial charge in [-0.05, 0) is 50.6 Å². The van der Waals surface area contributed by atoms with E-state index in [4.69, 9.17) is 0 Å². The van der Waals surface area contributed by atoms with Gasteiger partial charge in [-0.1, -0.05) is 29.8 Å². The zero-order valence-corrected chi connectivity index (χ0v) is 16.0. The van der Waals surface area contributed by atoms with E-state index in [1.807, 2.05) is 19.1 Å². The summed E-state index contributed by atoms with van der Waals surface area (Å²) >= 11 is 0. The highest BCUT2D eigenvalue weighted by Gasteiger charge is 2.40. The molecule has 1 aliphatic heterocycles. The molecule has 0 saturated heterocycles. The van der Waals surface area contributed by atoms with E-state index in [1.54, 1.807) is 26.0 Å². The SMILES string of the molecule is Cc1ccc(C2=C(Nc3ccc(OC(F)(F)F)cc3)C(=O)N(C(C)C)C2=O)cc1. The minimum absolute atomic E-state index is 0.0806. The number of benzene rings is 2. The molecule has 1 aliphatic rings. The first-order valence-corrected chi connectivity index (χ1v) is 8.89.